The molecule has 2 N–H and O–H groups in total. The fourth-order valence-electron chi connectivity index (χ4n) is 2.02. The summed E-state index contributed by atoms with van der Waals surface area (Å²) in [5.74, 6) is 1.49. The predicted octanol–water partition coefficient (Wildman–Crippen LogP) is 2.73. The van der Waals surface area contributed by atoms with Crippen LogP contribution in [0.25, 0.3) is 0 Å². The summed E-state index contributed by atoms with van der Waals surface area (Å²) in [6.45, 7) is 6.16. The Labute approximate surface area is 93.9 Å². The van der Waals surface area contributed by atoms with Crippen molar-refractivity contribution in [1.29, 1.82) is 0 Å². The van der Waals surface area contributed by atoms with E-state index in [1.54, 1.807) is 0 Å². The van der Waals surface area contributed by atoms with Crippen molar-refractivity contribution < 1.29 is 4.74 Å². The molecule has 88 valence electrons. The molecule has 3 atom stereocenters. The van der Waals surface area contributed by atoms with E-state index in [1.807, 2.05) is 0 Å². The summed E-state index contributed by atoms with van der Waals surface area (Å²) in [6, 6.07) is 0. The minimum atomic E-state index is 0.367. The molecule has 0 heterocycles. The topological polar surface area (TPSA) is 35.2 Å². The average Bonchev–Trinajstić information content (AvgIpc) is 2.25. The van der Waals surface area contributed by atoms with Gasteiger partial charge >= 0.3 is 0 Å². The van der Waals surface area contributed by atoms with E-state index in [4.69, 9.17) is 10.5 Å². The zero-order valence-corrected chi connectivity index (χ0v) is 10.1. The van der Waals surface area contributed by atoms with Gasteiger partial charge in [-0.1, -0.05) is 19.1 Å². The SMILES string of the molecule is CC(CCCN)OCC1CC=CCC1C. The summed E-state index contributed by atoms with van der Waals surface area (Å²) < 4.78 is 5.86. The molecule has 0 aliphatic heterocycles. The first-order valence-electron chi connectivity index (χ1n) is 6.20. The highest BCUT2D eigenvalue weighted by Crippen LogP contribution is 2.25. The van der Waals surface area contributed by atoms with E-state index < -0.39 is 0 Å². The van der Waals surface area contributed by atoms with Crippen LogP contribution in [0.2, 0.25) is 0 Å². The van der Waals surface area contributed by atoms with Crippen molar-refractivity contribution in [1.82, 2.24) is 0 Å². The van der Waals surface area contributed by atoms with E-state index in [0.717, 1.165) is 37.8 Å². The zero-order chi connectivity index (χ0) is 11.1. The molecule has 15 heavy (non-hydrogen) atoms. The largest absolute Gasteiger partial charge is 0.378 e. The Balaban J connectivity index is 2.15. The Bertz CT molecular complexity index is 191. The molecule has 0 aromatic carbocycles. The van der Waals surface area contributed by atoms with E-state index in [9.17, 15) is 0 Å². The maximum atomic E-state index is 5.86. The summed E-state index contributed by atoms with van der Waals surface area (Å²) in [5.41, 5.74) is 5.47. The molecule has 1 aliphatic rings. The standard InChI is InChI=1S/C13H25NO/c1-11-6-3-4-8-13(11)10-15-12(2)7-5-9-14/h3-4,11-13H,5-10,14H2,1-2H3. The second kappa shape index (κ2) is 7.02. The third kappa shape index (κ3) is 4.80. The van der Waals surface area contributed by atoms with Gasteiger partial charge in [-0.25, -0.2) is 0 Å². The van der Waals surface area contributed by atoms with E-state index in [2.05, 4.69) is 26.0 Å². The van der Waals surface area contributed by atoms with Crippen LogP contribution >= 0.6 is 0 Å². The minimum absolute atomic E-state index is 0.367. The fourth-order valence-corrected chi connectivity index (χ4v) is 2.02. The van der Waals surface area contributed by atoms with Gasteiger partial charge in [0, 0.05) is 0 Å². The lowest BCUT2D eigenvalue weighted by Gasteiger charge is -2.26. The molecule has 3 unspecified atom stereocenters. The molecule has 0 radical (unpaired) electrons. The van der Waals surface area contributed by atoms with Crippen molar-refractivity contribution >= 4 is 0 Å². The lowest BCUT2D eigenvalue weighted by Crippen LogP contribution is -2.22. The highest BCUT2D eigenvalue weighted by Gasteiger charge is 2.19. The molecule has 1 aliphatic carbocycles. The Kier molecular flexibility index (Phi) is 5.96. The molecule has 0 aromatic rings. The Morgan fingerprint density at radius 3 is 2.80 bits per heavy atom. The van der Waals surface area contributed by atoms with Crippen LogP contribution < -0.4 is 5.73 Å². The van der Waals surface area contributed by atoms with Gasteiger partial charge in [0.2, 0.25) is 0 Å². The summed E-state index contributed by atoms with van der Waals surface area (Å²) in [7, 11) is 0. The van der Waals surface area contributed by atoms with Crippen molar-refractivity contribution in [3.63, 3.8) is 0 Å². The van der Waals surface area contributed by atoms with E-state index in [0.29, 0.717) is 6.10 Å². The van der Waals surface area contributed by atoms with Crippen molar-refractivity contribution in [2.24, 2.45) is 17.6 Å². The highest BCUT2D eigenvalue weighted by molar-refractivity contribution is 4.93. The third-order valence-corrected chi connectivity index (χ3v) is 3.33. The van der Waals surface area contributed by atoms with Crippen LogP contribution in [0.3, 0.4) is 0 Å². The van der Waals surface area contributed by atoms with Crippen LogP contribution in [-0.2, 0) is 4.74 Å². The summed E-state index contributed by atoms with van der Waals surface area (Å²) in [6.07, 6.45) is 9.51. The van der Waals surface area contributed by atoms with Crippen LogP contribution in [0.15, 0.2) is 12.2 Å². The second-order valence-corrected chi connectivity index (χ2v) is 4.76. The average molecular weight is 211 g/mol. The predicted molar refractivity (Wildman–Crippen MR) is 64.7 cm³/mol. The number of allylic oxidation sites excluding steroid dienone is 2. The molecule has 0 amide bonds. The Hall–Kier alpha value is -0.340. The normalized spacial score (nSPS) is 27.9. The number of nitrogens with two attached hydrogens (primary N) is 1. The van der Waals surface area contributed by atoms with Gasteiger partial charge in [0.15, 0.2) is 0 Å². The van der Waals surface area contributed by atoms with Gasteiger partial charge in [0.25, 0.3) is 0 Å². The molecule has 2 nitrogen and oxygen atoms in total. The van der Waals surface area contributed by atoms with Crippen molar-refractivity contribution in [3.8, 4) is 0 Å². The molecule has 0 fully saturated rings. The molecular weight excluding hydrogens is 186 g/mol. The van der Waals surface area contributed by atoms with Gasteiger partial charge in [-0.15, -0.1) is 0 Å². The van der Waals surface area contributed by atoms with Crippen molar-refractivity contribution in [2.75, 3.05) is 13.2 Å². The molecule has 1 rings (SSSR count). The smallest absolute Gasteiger partial charge is 0.0547 e. The van der Waals surface area contributed by atoms with E-state index in [-0.39, 0.29) is 0 Å². The highest BCUT2D eigenvalue weighted by atomic mass is 16.5. The summed E-state index contributed by atoms with van der Waals surface area (Å²) >= 11 is 0. The van der Waals surface area contributed by atoms with Crippen LogP contribution in [0.5, 0.6) is 0 Å². The number of ether oxygens (including phenoxy) is 1. The minimum Gasteiger partial charge on any atom is -0.378 e. The monoisotopic (exact) mass is 211 g/mol. The van der Waals surface area contributed by atoms with Crippen molar-refractivity contribution in [2.45, 2.75) is 45.6 Å². The third-order valence-electron chi connectivity index (χ3n) is 3.33. The first-order chi connectivity index (χ1) is 7.24. The molecular formula is C13H25NO. The maximum absolute atomic E-state index is 5.86. The quantitative estimate of drug-likeness (QED) is 0.686. The van der Waals surface area contributed by atoms with E-state index in [1.165, 1.54) is 12.8 Å². The van der Waals surface area contributed by atoms with Gasteiger partial charge in [0.05, 0.1) is 12.7 Å². The fraction of sp³-hybridized carbons (Fsp3) is 0.846. The first-order valence-corrected chi connectivity index (χ1v) is 6.20. The van der Waals surface area contributed by atoms with Gasteiger partial charge in [-0.3, -0.25) is 0 Å². The molecule has 0 saturated carbocycles. The molecule has 0 aromatic heterocycles. The number of hydrogen-bond acceptors (Lipinski definition) is 2. The number of hydrogen-bond donors (Lipinski definition) is 1. The summed E-state index contributed by atoms with van der Waals surface area (Å²) in [4.78, 5) is 0. The lowest BCUT2D eigenvalue weighted by atomic mass is 9.85. The van der Waals surface area contributed by atoms with Crippen molar-refractivity contribution in [3.05, 3.63) is 12.2 Å². The number of rotatable bonds is 6. The van der Waals surface area contributed by atoms with Crippen LogP contribution in [0, 0.1) is 11.8 Å². The van der Waals surface area contributed by atoms with Gasteiger partial charge in [-0.2, -0.15) is 0 Å². The van der Waals surface area contributed by atoms with Gasteiger partial charge < -0.3 is 10.5 Å². The molecule has 0 bridgehead atoms. The van der Waals surface area contributed by atoms with Crippen LogP contribution in [0.1, 0.15) is 39.5 Å². The van der Waals surface area contributed by atoms with Gasteiger partial charge in [-0.05, 0) is 51.0 Å². The molecule has 0 saturated heterocycles. The molecule has 2 heteroatoms. The first kappa shape index (κ1) is 12.7. The van der Waals surface area contributed by atoms with Crippen LogP contribution in [0.4, 0.5) is 0 Å². The molecule has 0 spiro atoms. The summed E-state index contributed by atoms with van der Waals surface area (Å²) in [5, 5.41) is 0. The second-order valence-electron chi connectivity index (χ2n) is 4.76. The Morgan fingerprint density at radius 1 is 1.40 bits per heavy atom. The van der Waals surface area contributed by atoms with E-state index >= 15 is 0 Å². The van der Waals surface area contributed by atoms with Gasteiger partial charge in [0.1, 0.15) is 0 Å². The van der Waals surface area contributed by atoms with Crippen LogP contribution in [-0.4, -0.2) is 19.3 Å². The Morgan fingerprint density at radius 2 is 2.13 bits per heavy atom. The maximum Gasteiger partial charge on any atom is 0.0547 e. The lowest BCUT2D eigenvalue weighted by molar-refractivity contribution is 0.0217. The zero-order valence-electron chi connectivity index (χ0n) is 10.1.